The summed E-state index contributed by atoms with van der Waals surface area (Å²) in [7, 11) is 1.34. The quantitative estimate of drug-likeness (QED) is 0.537. The Hall–Kier alpha value is -3.23. The van der Waals surface area contributed by atoms with Crippen LogP contribution in [0.1, 0.15) is 34.7 Å². The number of nitrogens with one attached hydrogen (secondary N) is 1. The van der Waals surface area contributed by atoms with E-state index in [0.29, 0.717) is 52.9 Å². The van der Waals surface area contributed by atoms with E-state index >= 15 is 0 Å². The third-order valence-electron chi connectivity index (χ3n) is 5.90. The van der Waals surface area contributed by atoms with Crippen molar-refractivity contribution in [1.29, 1.82) is 0 Å². The van der Waals surface area contributed by atoms with Crippen LogP contribution in [-0.2, 0) is 16.1 Å². The molecule has 0 atom stereocenters. The lowest BCUT2D eigenvalue weighted by molar-refractivity contribution is -0.121. The molecule has 0 bridgehead atoms. The van der Waals surface area contributed by atoms with E-state index in [9.17, 15) is 9.59 Å². The molecule has 2 heterocycles. The number of anilines is 1. The molecule has 1 amide bonds. The van der Waals surface area contributed by atoms with Crippen molar-refractivity contribution in [2.75, 3.05) is 25.5 Å². The highest BCUT2D eigenvalue weighted by Gasteiger charge is 2.27. The average molecular weight is 469 g/mol. The van der Waals surface area contributed by atoms with Crippen LogP contribution in [0.2, 0.25) is 5.02 Å². The van der Waals surface area contributed by atoms with Gasteiger partial charge in [0.1, 0.15) is 0 Å². The van der Waals surface area contributed by atoms with Crippen molar-refractivity contribution in [3.05, 3.63) is 64.5 Å². The van der Waals surface area contributed by atoms with Crippen LogP contribution in [0.25, 0.3) is 11.4 Å². The maximum Gasteiger partial charge on any atom is 0.338 e. The van der Waals surface area contributed by atoms with E-state index in [1.54, 1.807) is 31.2 Å². The Balaban J connectivity index is 1.32. The first-order valence-electron chi connectivity index (χ1n) is 10.7. The number of benzene rings is 2. The highest BCUT2D eigenvalue weighted by atomic mass is 35.5. The van der Waals surface area contributed by atoms with Crippen molar-refractivity contribution < 1.29 is 18.8 Å². The molecular formula is C24H25ClN4O4. The van der Waals surface area contributed by atoms with Crippen LogP contribution in [-0.4, -0.2) is 47.1 Å². The van der Waals surface area contributed by atoms with Gasteiger partial charge in [-0.3, -0.25) is 9.69 Å². The minimum Gasteiger partial charge on any atom is -0.465 e. The fraction of sp³-hybridized carbons (Fsp3) is 0.333. The predicted octanol–water partition coefficient (Wildman–Crippen LogP) is 4.34. The Morgan fingerprint density at radius 2 is 1.94 bits per heavy atom. The summed E-state index contributed by atoms with van der Waals surface area (Å²) in [5.41, 5.74) is 2.50. The minimum atomic E-state index is -0.421. The van der Waals surface area contributed by atoms with Gasteiger partial charge >= 0.3 is 5.97 Å². The molecule has 33 heavy (non-hydrogen) atoms. The molecule has 0 aliphatic carbocycles. The van der Waals surface area contributed by atoms with E-state index in [1.165, 1.54) is 7.11 Å². The lowest BCUT2D eigenvalue weighted by Crippen LogP contribution is -2.38. The Kier molecular flexibility index (Phi) is 7.05. The monoisotopic (exact) mass is 468 g/mol. The molecule has 0 saturated carbocycles. The van der Waals surface area contributed by atoms with Crippen molar-refractivity contribution >= 4 is 29.2 Å². The van der Waals surface area contributed by atoms with Crippen LogP contribution in [0.5, 0.6) is 0 Å². The van der Waals surface area contributed by atoms with E-state index < -0.39 is 5.97 Å². The van der Waals surface area contributed by atoms with Crippen molar-refractivity contribution in [3.8, 4) is 11.4 Å². The average Bonchev–Trinajstić information content (AvgIpc) is 3.28. The van der Waals surface area contributed by atoms with Crippen molar-refractivity contribution in [3.63, 3.8) is 0 Å². The molecule has 0 spiro atoms. The zero-order valence-corrected chi connectivity index (χ0v) is 19.3. The van der Waals surface area contributed by atoms with Crippen LogP contribution in [0, 0.1) is 12.8 Å². The third-order valence-corrected chi connectivity index (χ3v) is 6.23. The van der Waals surface area contributed by atoms with E-state index in [4.69, 9.17) is 20.9 Å². The second-order valence-electron chi connectivity index (χ2n) is 8.00. The fourth-order valence-corrected chi connectivity index (χ4v) is 4.17. The number of halogens is 1. The van der Waals surface area contributed by atoms with E-state index in [0.717, 1.165) is 18.7 Å². The second kappa shape index (κ2) is 10.1. The van der Waals surface area contributed by atoms with Gasteiger partial charge in [0.25, 0.3) is 0 Å². The number of esters is 1. The van der Waals surface area contributed by atoms with E-state index in [1.807, 2.05) is 18.2 Å². The Morgan fingerprint density at radius 1 is 1.18 bits per heavy atom. The Morgan fingerprint density at radius 3 is 2.67 bits per heavy atom. The lowest BCUT2D eigenvalue weighted by Gasteiger charge is -2.30. The summed E-state index contributed by atoms with van der Waals surface area (Å²) in [6.07, 6.45) is 1.43. The Labute approximate surface area is 196 Å². The molecule has 1 saturated heterocycles. The van der Waals surface area contributed by atoms with Crippen molar-refractivity contribution in [2.45, 2.75) is 26.3 Å². The minimum absolute atomic E-state index is 0.0430. The van der Waals surface area contributed by atoms with Gasteiger partial charge in [0.05, 0.1) is 24.2 Å². The molecule has 1 fully saturated rings. The highest BCUT2D eigenvalue weighted by molar-refractivity contribution is 6.33. The predicted molar refractivity (Wildman–Crippen MR) is 124 cm³/mol. The van der Waals surface area contributed by atoms with Crippen LogP contribution in [0.3, 0.4) is 0 Å². The number of likely N-dealkylation sites (tertiary alicyclic amines) is 1. The number of hydrogen-bond acceptors (Lipinski definition) is 7. The summed E-state index contributed by atoms with van der Waals surface area (Å²) in [5.74, 6) is 0.412. The summed E-state index contributed by atoms with van der Waals surface area (Å²) in [4.78, 5) is 31.4. The normalized spacial score (nSPS) is 14.8. The summed E-state index contributed by atoms with van der Waals surface area (Å²) in [6, 6.07) is 12.6. The van der Waals surface area contributed by atoms with Gasteiger partial charge in [0, 0.05) is 17.2 Å². The third kappa shape index (κ3) is 5.23. The molecule has 9 heteroatoms. The largest absolute Gasteiger partial charge is 0.465 e. The van der Waals surface area contributed by atoms with Crippen molar-refractivity contribution in [1.82, 2.24) is 15.0 Å². The van der Waals surface area contributed by atoms with E-state index in [2.05, 4.69) is 20.4 Å². The molecule has 1 N–H and O–H groups in total. The molecule has 1 aliphatic rings. The van der Waals surface area contributed by atoms with Gasteiger partial charge in [0.15, 0.2) is 0 Å². The SMILES string of the molecule is COC(=O)c1cccc(NC(=O)C2CCN(Cc3nc(-c4ccccc4Cl)no3)CC2)c1C. The molecule has 4 rings (SSSR count). The highest BCUT2D eigenvalue weighted by Crippen LogP contribution is 2.26. The zero-order chi connectivity index (χ0) is 23.4. The topological polar surface area (TPSA) is 97.6 Å². The molecule has 3 aromatic rings. The number of ether oxygens (including phenoxy) is 1. The van der Waals surface area contributed by atoms with Crippen molar-refractivity contribution in [2.24, 2.45) is 5.92 Å². The lowest BCUT2D eigenvalue weighted by atomic mass is 9.95. The van der Waals surface area contributed by atoms with Gasteiger partial charge < -0.3 is 14.6 Å². The first-order valence-corrected chi connectivity index (χ1v) is 11.1. The van der Waals surface area contributed by atoms with Gasteiger partial charge in [0.2, 0.25) is 17.6 Å². The number of amides is 1. The summed E-state index contributed by atoms with van der Waals surface area (Å²) in [6.45, 7) is 3.80. The van der Waals surface area contributed by atoms with Gasteiger partial charge in [-0.05, 0) is 62.7 Å². The van der Waals surface area contributed by atoms with Gasteiger partial charge in [-0.2, -0.15) is 4.98 Å². The zero-order valence-electron chi connectivity index (χ0n) is 18.5. The standard InChI is InChI=1S/C24H25ClN4O4/c1-15-17(24(31)32-2)7-5-9-20(15)26-23(30)16-10-12-29(13-11-16)14-21-27-22(28-33-21)18-6-3-4-8-19(18)25/h3-9,16H,10-14H2,1-2H3,(H,26,30). The number of carbonyl (C=O) groups excluding carboxylic acids is 2. The first kappa shape index (κ1) is 22.9. The van der Waals surface area contributed by atoms with Gasteiger partial charge in [-0.25, -0.2) is 4.79 Å². The van der Waals surface area contributed by atoms with Crippen LogP contribution >= 0.6 is 11.6 Å². The fourth-order valence-electron chi connectivity index (χ4n) is 3.95. The molecule has 1 aliphatic heterocycles. The van der Waals surface area contributed by atoms with Gasteiger partial charge in [-0.1, -0.05) is 35.0 Å². The number of aromatic nitrogens is 2. The summed E-state index contributed by atoms with van der Waals surface area (Å²) in [5, 5.41) is 7.59. The maximum absolute atomic E-state index is 12.8. The van der Waals surface area contributed by atoms with Gasteiger partial charge in [-0.15, -0.1) is 0 Å². The number of piperidine rings is 1. The summed E-state index contributed by atoms with van der Waals surface area (Å²) < 4.78 is 10.2. The molecule has 2 aromatic carbocycles. The van der Waals surface area contributed by atoms with E-state index in [-0.39, 0.29) is 11.8 Å². The number of rotatable bonds is 6. The van der Waals surface area contributed by atoms with Crippen LogP contribution < -0.4 is 5.32 Å². The molecule has 0 unspecified atom stereocenters. The molecule has 8 nitrogen and oxygen atoms in total. The smallest absolute Gasteiger partial charge is 0.338 e. The summed E-state index contributed by atoms with van der Waals surface area (Å²) >= 11 is 6.21. The maximum atomic E-state index is 12.8. The van der Waals surface area contributed by atoms with Crippen LogP contribution in [0.4, 0.5) is 5.69 Å². The number of nitrogens with zero attached hydrogens (tertiary/aromatic N) is 3. The Bertz CT molecular complexity index is 1150. The molecule has 0 radical (unpaired) electrons. The number of methoxy groups -OCH3 is 1. The number of carbonyl (C=O) groups is 2. The second-order valence-corrected chi connectivity index (χ2v) is 8.41. The number of hydrogen-bond donors (Lipinski definition) is 1. The van der Waals surface area contributed by atoms with Crippen LogP contribution in [0.15, 0.2) is 47.0 Å². The first-order chi connectivity index (χ1) is 16.0. The molecule has 1 aromatic heterocycles. The molecular weight excluding hydrogens is 444 g/mol. The molecule has 172 valence electrons.